The molecule has 5 nitrogen and oxygen atoms in total. The molecule has 0 N–H and O–H groups in total. The second kappa shape index (κ2) is 6.59. The molecule has 136 valence electrons. The highest BCUT2D eigenvalue weighted by atomic mass is 32.2. The third kappa shape index (κ3) is 3.08. The van der Waals surface area contributed by atoms with Gasteiger partial charge >= 0.3 is 0 Å². The van der Waals surface area contributed by atoms with Crippen LogP contribution in [0.2, 0.25) is 0 Å². The zero-order valence-corrected chi connectivity index (χ0v) is 15.5. The molecule has 0 bridgehead atoms. The number of carbonyl (C=O) groups is 1. The van der Waals surface area contributed by atoms with Crippen molar-refractivity contribution in [3.63, 3.8) is 0 Å². The topological polar surface area (TPSA) is 73.3 Å². The van der Waals surface area contributed by atoms with Gasteiger partial charge in [0.15, 0.2) is 15.6 Å². The van der Waals surface area contributed by atoms with Crippen molar-refractivity contribution in [3.05, 3.63) is 52.8 Å². The van der Waals surface area contributed by atoms with E-state index in [-0.39, 0.29) is 23.2 Å². The Bertz CT molecular complexity index is 981. The van der Waals surface area contributed by atoms with Gasteiger partial charge in [0.1, 0.15) is 0 Å². The first kappa shape index (κ1) is 17.4. The lowest BCUT2D eigenvalue weighted by Crippen LogP contribution is -2.25. The molecule has 1 unspecified atom stereocenters. The largest absolute Gasteiger partial charge is 0.376 e. The van der Waals surface area contributed by atoms with E-state index in [1.165, 1.54) is 0 Å². The second-order valence-electron chi connectivity index (χ2n) is 6.96. The van der Waals surface area contributed by atoms with E-state index in [0.717, 1.165) is 39.8 Å². The van der Waals surface area contributed by atoms with E-state index in [9.17, 15) is 13.2 Å². The summed E-state index contributed by atoms with van der Waals surface area (Å²) in [6, 6.07) is 5.90. The summed E-state index contributed by atoms with van der Waals surface area (Å²) in [7, 11) is -3.10. The Balaban J connectivity index is 1.75. The standard InChI is InChI=1S/C20H21NO4S/c1-2-26(23,24)12-15-10-25-11-19-17(8-21-9-18(15)19)14-3-5-16-13(7-14)4-6-20(16)22/h3,5,7-9,15H,2,4,6,10-12H2,1H3. The summed E-state index contributed by atoms with van der Waals surface area (Å²) in [5.74, 6) is 0.227. The highest BCUT2D eigenvalue weighted by molar-refractivity contribution is 7.91. The lowest BCUT2D eigenvalue weighted by Gasteiger charge is -2.27. The van der Waals surface area contributed by atoms with Crippen LogP contribution in [0.3, 0.4) is 0 Å². The van der Waals surface area contributed by atoms with Gasteiger partial charge in [-0.05, 0) is 28.7 Å². The maximum absolute atomic E-state index is 12.1. The van der Waals surface area contributed by atoms with Crippen LogP contribution in [0.5, 0.6) is 0 Å². The van der Waals surface area contributed by atoms with Gasteiger partial charge in [0, 0.05) is 41.6 Å². The predicted octanol–water partition coefficient (Wildman–Crippen LogP) is 2.93. The van der Waals surface area contributed by atoms with Crippen LogP contribution >= 0.6 is 0 Å². The minimum atomic E-state index is -3.10. The molecule has 0 saturated carbocycles. The number of ether oxygens (including phenoxy) is 1. The Morgan fingerprint density at radius 2 is 2.04 bits per heavy atom. The predicted molar refractivity (Wildman–Crippen MR) is 99.0 cm³/mol. The van der Waals surface area contributed by atoms with E-state index in [2.05, 4.69) is 11.1 Å². The number of rotatable bonds is 4. The number of Topliss-reactive ketones (excluding diaryl/α,β-unsaturated/α-hetero) is 1. The molecule has 1 aliphatic heterocycles. The minimum Gasteiger partial charge on any atom is -0.376 e. The molecular formula is C20H21NO4S. The molecule has 1 aromatic carbocycles. The molecule has 1 atom stereocenters. The van der Waals surface area contributed by atoms with E-state index in [0.29, 0.717) is 19.6 Å². The summed E-state index contributed by atoms with van der Waals surface area (Å²) in [6.07, 6.45) is 4.92. The number of ketones is 1. The van der Waals surface area contributed by atoms with Crippen molar-refractivity contribution in [2.45, 2.75) is 32.3 Å². The molecule has 1 aliphatic carbocycles. The monoisotopic (exact) mass is 371 g/mol. The average Bonchev–Trinajstić information content (AvgIpc) is 3.02. The molecule has 0 amide bonds. The molecule has 26 heavy (non-hydrogen) atoms. The lowest BCUT2D eigenvalue weighted by molar-refractivity contribution is 0.0958. The second-order valence-corrected chi connectivity index (χ2v) is 9.36. The normalized spacial score (nSPS) is 19.3. The van der Waals surface area contributed by atoms with Crippen molar-refractivity contribution < 1.29 is 17.9 Å². The molecule has 4 rings (SSSR count). The van der Waals surface area contributed by atoms with Crippen molar-refractivity contribution in [2.75, 3.05) is 18.1 Å². The summed E-state index contributed by atoms with van der Waals surface area (Å²) >= 11 is 0. The number of aryl methyl sites for hydroxylation is 1. The van der Waals surface area contributed by atoms with Crippen LogP contribution < -0.4 is 0 Å². The fourth-order valence-electron chi connectivity index (χ4n) is 3.84. The van der Waals surface area contributed by atoms with Gasteiger partial charge in [0.2, 0.25) is 0 Å². The zero-order chi connectivity index (χ0) is 18.3. The molecule has 1 aromatic heterocycles. The maximum Gasteiger partial charge on any atom is 0.163 e. The van der Waals surface area contributed by atoms with Crippen LogP contribution in [0.25, 0.3) is 11.1 Å². The van der Waals surface area contributed by atoms with Gasteiger partial charge in [-0.15, -0.1) is 0 Å². The highest BCUT2D eigenvalue weighted by Crippen LogP contribution is 2.36. The Morgan fingerprint density at radius 3 is 2.85 bits per heavy atom. The Hall–Kier alpha value is -2.05. The van der Waals surface area contributed by atoms with Crippen molar-refractivity contribution in [2.24, 2.45) is 0 Å². The Kier molecular flexibility index (Phi) is 4.40. The van der Waals surface area contributed by atoms with Crippen LogP contribution in [0, 0.1) is 0 Å². The summed E-state index contributed by atoms with van der Waals surface area (Å²) in [5, 5.41) is 0. The Labute approximate surface area is 153 Å². The first-order chi connectivity index (χ1) is 12.5. The van der Waals surface area contributed by atoms with Crippen LogP contribution in [-0.4, -0.2) is 37.3 Å². The van der Waals surface area contributed by atoms with Gasteiger partial charge in [0.25, 0.3) is 0 Å². The molecule has 0 fully saturated rings. The highest BCUT2D eigenvalue weighted by Gasteiger charge is 2.28. The van der Waals surface area contributed by atoms with E-state index < -0.39 is 9.84 Å². The molecule has 2 aromatic rings. The van der Waals surface area contributed by atoms with E-state index in [1.54, 1.807) is 19.3 Å². The summed E-state index contributed by atoms with van der Waals surface area (Å²) in [6.45, 7) is 2.52. The van der Waals surface area contributed by atoms with Crippen LogP contribution in [0.4, 0.5) is 0 Å². The molecule has 0 saturated heterocycles. The molecule has 6 heteroatoms. The minimum absolute atomic E-state index is 0.0837. The third-order valence-electron chi connectivity index (χ3n) is 5.33. The van der Waals surface area contributed by atoms with Gasteiger partial charge in [-0.3, -0.25) is 9.78 Å². The number of hydrogen-bond acceptors (Lipinski definition) is 5. The van der Waals surface area contributed by atoms with Crippen LogP contribution in [0.15, 0.2) is 30.6 Å². The fraction of sp³-hybridized carbons (Fsp3) is 0.400. The number of sulfone groups is 1. The van der Waals surface area contributed by atoms with E-state index >= 15 is 0 Å². The van der Waals surface area contributed by atoms with Crippen molar-refractivity contribution >= 4 is 15.6 Å². The SMILES string of the molecule is CCS(=O)(=O)CC1COCc2c(-c3ccc4c(c3)CCC4=O)cncc21. The average molecular weight is 371 g/mol. The van der Waals surface area contributed by atoms with Crippen LogP contribution in [-0.2, 0) is 27.6 Å². The molecular weight excluding hydrogens is 350 g/mol. The fourth-order valence-corrected chi connectivity index (χ4v) is 4.97. The molecule has 0 spiro atoms. The number of benzene rings is 1. The van der Waals surface area contributed by atoms with Crippen molar-refractivity contribution in [1.82, 2.24) is 4.98 Å². The molecule has 2 heterocycles. The van der Waals surface area contributed by atoms with Gasteiger partial charge in [-0.2, -0.15) is 0 Å². The first-order valence-electron chi connectivity index (χ1n) is 8.90. The number of carbonyl (C=O) groups excluding carboxylic acids is 1. The molecule has 2 aliphatic rings. The van der Waals surface area contributed by atoms with E-state index in [1.807, 2.05) is 12.1 Å². The van der Waals surface area contributed by atoms with Gasteiger partial charge in [-0.1, -0.05) is 25.1 Å². The number of nitrogens with zero attached hydrogens (tertiary/aromatic N) is 1. The zero-order valence-electron chi connectivity index (χ0n) is 14.7. The van der Waals surface area contributed by atoms with Crippen molar-refractivity contribution in [3.8, 4) is 11.1 Å². The molecule has 0 radical (unpaired) electrons. The van der Waals surface area contributed by atoms with Crippen molar-refractivity contribution in [1.29, 1.82) is 0 Å². The lowest BCUT2D eigenvalue weighted by atomic mass is 9.90. The van der Waals surface area contributed by atoms with Gasteiger partial charge < -0.3 is 4.74 Å². The first-order valence-corrected chi connectivity index (χ1v) is 10.7. The van der Waals surface area contributed by atoms with Gasteiger partial charge in [-0.25, -0.2) is 8.42 Å². The maximum atomic E-state index is 12.1. The smallest absolute Gasteiger partial charge is 0.163 e. The third-order valence-corrected chi connectivity index (χ3v) is 7.12. The number of hydrogen-bond donors (Lipinski definition) is 0. The van der Waals surface area contributed by atoms with E-state index in [4.69, 9.17) is 4.74 Å². The summed E-state index contributed by atoms with van der Waals surface area (Å²) in [4.78, 5) is 16.2. The Morgan fingerprint density at radius 1 is 1.19 bits per heavy atom. The quantitative estimate of drug-likeness (QED) is 0.826. The van der Waals surface area contributed by atoms with Crippen LogP contribution in [0.1, 0.15) is 46.3 Å². The summed E-state index contributed by atoms with van der Waals surface area (Å²) in [5.41, 5.74) is 5.82. The number of aromatic nitrogens is 1. The van der Waals surface area contributed by atoms with Gasteiger partial charge in [0.05, 0.1) is 19.0 Å². The summed E-state index contributed by atoms with van der Waals surface area (Å²) < 4.78 is 29.9. The number of fused-ring (bicyclic) bond motifs is 2. The number of pyridine rings is 1.